The van der Waals surface area contributed by atoms with Gasteiger partial charge in [0.2, 0.25) is 0 Å². The summed E-state index contributed by atoms with van der Waals surface area (Å²) in [6, 6.07) is 5.51. The van der Waals surface area contributed by atoms with E-state index >= 15 is 0 Å². The van der Waals surface area contributed by atoms with E-state index in [1.54, 1.807) is 12.1 Å². The quantitative estimate of drug-likeness (QED) is 0.504. The van der Waals surface area contributed by atoms with Gasteiger partial charge >= 0.3 is 0 Å². The van der Waals surface area contributed by atoms with Crippen molar-refractivity contribution in [1.82, 2.24) is 5.43 Å². The fraction of sp³-hybridized carbons (Fsp3) is 0.364. The van der Waals surface area contributed by atoms with E-state index in [0.717, 1.165) is 23.4 Å². The van der Waals surface area contributed by atoms with Gasteiger partial charge in [-0.2, -0.15) is 0 Å². The molecule has 1 fully saturated rings. The van der Waals surface area contributed by atoms with Gasteiger partial charge in [-0.1, -0.05) is 22.0 Å². The molecule has 1 aromatic rings. The number of hydrazine groups is 1. The first-order valence-corrected chi connectivity index (χ1v) is 7.03. The second-order valence-electron chi connectivity index (χ2n) is 3.75. The molecule has 4 nitrogen and oxygen atoms in total. The highest BCUT2D eigenvalue weighted by Gasteiger charge is 2.19. The number of benzene rings is 1. The molecule has 0 atom stereocenters. The Labute approximate surface area is 112 Å². The number of carbonyl (C=O) groups excluding carboxylic acids is 1. The van der Waals surface area contributed by atoms with Crippen LogP contribution >= 0.6 is 27.7 Å². The standard InChI is InChI=1S/C11H13BrN2O2S/c12-10-3-7(11(15)14-13)1-2-8(10)6-17-9-4-16-5-9/h1-3,9H,4-6,13H2,(H,14,15). The van der Waals surface area contributed by atoms with Crippen molar-refractivity contribution in [3.05, 3.63) is 33.8 Å². The van der Waals surface area contributed by atoms with Crippen LogP contribution in [0.25, 0.3) is 0 Å². The van der Waals surface area contributed by atoms with Crippen LogP contribution in [0.2, 0.25) is 0 Å². The molecule has 1 aliphatic heterocycles. The summed E-state index contributed by atoms with van der Waals surface area (Å²) in [5.41, 5.74) is 3.85. The molecule has 0 radical (unpaired) electrons. The zero-order valence-electron chi connectivity index (χ0n) is 9.11. The van der Waals surface area contributed by atoms with Gasteiger partial charge in [0.1, 0.15) is 0 Å². The minimum absolute atomic E-state index is 0.280. The van der Waals surface area contributed by atoms with Gasteiger partial charge in [0, 0.05) is 15.8 Å². The number of carbonyl (C=O) groups is 1. The van der Waals surface area contributed by atoms with Gasteiger partial charge in [0.05, 0.1) is 18.5 Å². The monoisotopic (exact) mass is 316 g/mol. The van der Waals surface area contributed by atoms with Crippen LogP contribution in [0.5, 0.6) is 0 Å². The van der Waals surface area contributed by atoms with Crippen LogP contribution < -0.4 is 11.3 Å². The Balaban J connectivity index is 2.00. The summed E-state index contributed by atoms with van der Waals surface area (Å²) in [5.74, 6) is 5.72. The van der Waals surface area contributed by atoms with Gasteiger partial charge in [0.15, 0.2) is 0 Å². The molecule has 1 saturated heterocycles. The number of hydrogen-bond donors (Lipinski definition) is 2. The first-order chi connectivity index (χ1) is 8.20. The zero-order valence-corrected chi connectivity index (χ0v) is 11.5. The van der Waals surface area contributed by atoms with Crippen molar-refractivity contribution in [3.63, 3.8) is 0 Å². The molecule has 0 saturated carbocycles. The molecule has 1 heterocycles. The zero-order chi connectivity index (χ0) is 12.3. The van der Waals surface area contributed by atoms with Gasteiger partial charge < -0.3 is 4.74 Å². The van der Waals surface area contributed by atoms with E-state index in [-0.39, 0.29) is 5.91 Å². The highest BCUT2D eigenvalue weighted by molar-refractivity contribution is 9.10. The van der Waals surface area contributed by atoms with Crippen molar-refractivity contribution in [2.24, 2.45) is 5.84 Å². The molecular formula is C11H13BrN2O2S. The molecule has 1 aliphatic rings. The molecule has 1 amide bonds. The smallest absolute Gasteiger partial charge is 0.265 e. The van der Waals surface area contributed by atoms with E-state index in [4.69, 9.17) is 10.6 Å². The normalized spacial score (nSPS) is 15.4. The predicted molar refractivity (Wildman–Crippen MR) is 71.7 cm³/mol. The van der Waals surface area contributed by atoms with Crippen molar-refractivity contribution < 1.29 is 9.53 Å². The molecule has 92 valence electrons. The Kier molecular flexibility index (Phi) is 4.44. The average Bonchev–Trinajstić information content (AvgIpc) is 2.28. The predicted octanol–water partition coefficient (Wildman–Crippen LogP) is 1.68. The van der Waals surface area contributed by atoms with Gasteiger partial charge in [-0.05, 0) is 17.7 Å². The number of rotatable bonds is 4. The van der Waals surface area contributed by atoms with Crippen LogP contribution in [-0.4, -0.2) is 24.4 Å². The largest absolute Gasteiger partial charge is 0.379 e. The van der Waals surface area contributed by atoms with E-state index < -0.39 is 0 Å². The van der Waals surface area contributed by atoms with Gasteiger partial charge in [0.25, 0.3) is 5.91 Å². The van der Waals surface area contributed by atoms with Gasteiger partial charge in [-0.15, -0.1) is 11.8 Å². The number of nitrogens with two attached hydrogens (primary N) is 1. The Morgan fingerprint density at radius 2 is 2.35 bits per heavy atom. The Hall–Kier alpha value is -0.560. The fourth-order valence-corrected chi connectivity index (χ4v) is 3.16. The SMILES string of the molecule is NNC(=O)c1ccc(CSC2COC2)c(Br)c1. The van der Waals surface area contributed by atoms with E-state index in [1.807, 2.05) is 17.8 Å². The Morgan fingerprint density at radius 3 is 2.88 bits per heavy atom. The molecule has 6 heteroatoms. The van der Waals surface area contributed by atoms with Crippen molar-refractivity contribution in [2.75, 3.05) is 13.2 Å². The Morgan fingerprint density at radius 1 is 1.59 bits per heavy atom. The van der Waals surface area contributed by atoms with Crippen molar-refractivity contribution >= 4 is 33.6 Å². The number of amides is 1. The molecule has 3 N–H and O–H groups in total. The van der Waals surface area contributed by atoms with Gasteiger partial charge in [-0.25, -0.2) is 5.84 Å². The number of ether oxygens (including phenoxy) is 1. The summed E-state index contributed by atoms with van der Waals surface area (Å²) < 4.78 is 6.06. The lowest BCUT2D eigenvalue weighted by molar-refractivity contribution is 0.0455. The Bertz CT molecular complexity index is 424. The molecular weight excluding hydrogens is 304 g/mol. The lowest BCUT2D eigenvalue weighted by Crippen LogP contribution is -2.30. The van der Waals surface area contributed by atoms with Crippen LogP contribution in [0.3, 0.4) is 0 Å². The minimum atomic E-state index is -0.280. The number of nitrogens with one attached hydrogen (secondary N) is 1. The maximum absolute atomic E-state index is 11.3. The van der Waals surface area contributed by atoms with E-state index in [9.17, 15) is 4.79 Å². The van der Waals surface area contributed by atoms with Crippen LogP contribution in [0.4, 0.5) is 0 Å². The summed E-state index contributed by atoms with van der Waals surface area (Å²) in [4.78, 5) is 11.3. The van der Waals surface area contributed by atoms with E-state index in [1.165, 1.54) is 5.56 Å². The number of nitrogen functional groups attached to an aromatic ring is 1. The maximum atomic E-state index is 11.3. The maximum Gasteiger partial charge on any atom is 0.265 e. The highest BCUT2D eigenvalue weighted by Crippen LogP contribution is 2.27. The summed E-state index contributed by atoms with van der Waals surface area (Å²) in [5, 5.41) is 0.605. The molecule has 17 heavy (non-hydrogen) atoms. The second-order valence-corrected chi connectivity index (χ2v) is 5.89. The molecule has 0 unspecified atom stereocenters. The molecule has 0 spiro atoms. The lowest BCUT2D eigenvalue weighted by atomic mass is 10.1. The third-order valence-corrected chi connectivity index (χ3v) is 4.49. The van der Waals surface area contributed by atoms with Crippen molar-refractivity contribution in [2.45, 2.75) is 11.0 Å². The summed E-state index contributed by atoms with van der Waals surface area (Å²) >= 11 is 5.34. The average molecular weight is 317 g/mol. The topological polar surface area (TPSA) is 64.3 Å². The number of halogens is 1. The van der Waals surface area contributed by atoms with E-state index in [2.05, 4.69) is 21.4 Å². The lowest BCUT2D eigenvalue weighted by Gasteiger charge is -2.25. The molecule has 0 aromatic heterocycles. The van der Waals surface area contributed by atoms with Crippen LogP contribution in [0.1, 0.15) is 15.9 Å². The summed E-state index contributed by atoms with van der Waals surface area (Å²) in [7, 11) is 0. The van der Waals surface area contributed by atoms with Crippen LogP contribution in [0.15, 0.2) is 22.7 Å². The van der Waals surface area contributed by atoms with Crippen LogP contribution in [-0.2, 0) is 10.5 Å². The van der Waals surface area contributed by atoms with Crippen molar-refractivity contribution in [1.29, 1.82) is 0 Å². The summed E-state index contributed by atoms with van der Waals surface area (Å²) in [6.07, 6.45) is 0. The highest BCUT2D eigenvalue weighted by atomic mass is 79.9. The second kappa shape index (κ2) is 5.86. The third kappa shape index (κ3) is 3.22. The molecule has 2 rings (SSSR count). The first kappa shape index (κ1) is 12.9. The van der Waals surface area contributed by atoms with Crippen LogP contribution in [0, 0.1) is 0 Å². The number of hydrogen-bond acceptors (Lipinski definition) is 4. The summed E-state index contributed by atoms with van der Waals surface area (Å²) in [6.45, 7) is 1.69. The van der Waals surface area contributed by atoms with Gasteiger partial charge in [-0.3, -0.25) is 10.2 Å². The third-order valence-electron chi connectivity index (χ3n) is 2.53. The molecule has 1 aromatic carbocycles. The number of thioether (sulfide) groups is 1. The first-order valence-electron chi connectivity index (χ1n) is 5.19. The fourth-order valence-electron chi connectivity index (χ4n) is 1.41. The molecule has 0 aliphatic carbocycles. The van der Waals surface area contributed by atoms with E-state index in [0.29, 0.717) is 10.8 Å². The minimum Gasteiger partial charge on any atom is -0.379 e. The molecule has 0 bridgehead atoms. The van der Waals surface area contributed by atoms with Crippen molar-refractivity contribution in [3.8, 4) is 0 Å².